The average molecular weight is 249 g/mol. The number of piperidine rings is 1. The normalized spacial score (nSPS) is 20.4. The van der Waals surface area contributed by atoms with Gasteiger partial charge in [-0.25, -0.2) is 0 Å². The Bertz CT molecular complexity index is 409. The van der Waals surface area contributed by atoms with Gasteiger partial charge in [0.25, 0.3) is 0 Å². The molecule has 0 amide bonds. The summed E-state index contributed by atoms with van der Waals surface area (Å²) in [5.41, 5.74) is 1.25. The van der Waals surface area contributed by atoms with Crippen LogP contribution in [0.4, 0.5) is 0 Å². The van der Waals surface area contributed by atoms with Gasteiger partial charge in [0, 0.05) is 5.56 Å². The number of aliphatic hydroxyl groups is 1. The summed E-state index contributed by atoms with van der Waals surface area (Å²) in [7, 11) is 1.66. The van der Waals surface area contributed by atoms with Crippen LogP contribution in [0.25, 0.3) is 0 Å². The fourth-order valence-corrected chi connectivity index (χ4v) is 2.82. The molecular formula is C15H23NO2. The van der Waals surface area contributed by atoms with Crippen molar-refractivity contribution >= 4 is 0 Å². The molecule has 1 atom stereocenters. The number of nitrogens with one attached hydrogen (secondary N) is 1. The summed E-state index contributed by atoms with van der Waals surface area (Å²) in [6.07, 6.45) is 2.01. The Labute approximate surface area is 109 Å². The molecule has 3 heteroatoms. The number of hydrogen-bond donors (Lipinski definition) is 2. The molecule has 2 N–H and O–H groups in total. The van der Waals surface area contributed by atoms with E-state index < -0.39 is 5.60 Å². The molecule has 0 bridgehead atoms. The molecule has 1 unspecified atom stereocenters. The second-order valence-corrected chi connectivity index (χ2v) is 5.38. The van der Waals surface area contributed by atoms with E-state index in [1.54, 1.807) is 7.11 Å². The lowest BCUT2D eigenvalue weighted by molar-refractivity contribution is -0.0204. The topological polar surface area (TPSA) is 41.5 Å². The second-order valence-electron chi connectivity index (χ2n) is 5.38. The summed E-state index contributed by atoms with van der Waals surface area (Å²) in [5, 5.41) is 14.3. The van der Waals surface area contributed by atoms with Crippen molar-refractivity contribution in [2.75, 3.05) is 20.2 Å². The van der Waals surface area contributed by atoms with Crippen LogP contribution in [0.5, 0.6) is 5.75 Å². The van der Waals surface area contributed by atoms with Crippen molar-refractivity contribution in [3.63, 3.8) is 0 Å². The lowest BCUT2D eigenvalue weighted by Crippen LogP contribution is -2.40. The summed E-state index contributed by atoms with van der Waals surface area (Å²) in [4.78, 5) is 0. The SMILES string of the molecule is COc1ccc(C)cc1C(C)(O)C1CCNCC1. The highest BCUT2D eigenvalue weighted by atomic mass is 16.5. The van der Waals surface area contributed by atoms with Crippen molar-refractivity contribution in [1.82, 2.24) is 5.32 Å². The Kier molecular flexibility index (Phi) is 3.93. The molecule has 3 nitrogen and oxygen atoms in total. The molecule has 0 aromatic heterocycles. The number of methoxy groups -OCH3 is 1. The minimum atomic E-state index is -0.820. The molecule has 1 heterocycles. The first kappa shape index (κ1) is 13.4. The Morgan fingerprint density at radius 2 is 2.00 bits per heavy atom. The molecule has 2 rings (SSSR count). The van der Waals surface area contributed by atoms with Crippen molar-refractivity contribution in [3.8, 4) is 5.75 Å². The van der Waals surface area contributed by atoms with Crippen molar-refractivity contribution in [1.29, 1.82) is 0 Å². The van der Waals surface area contributed by atoms with Crippen LogP contribution >= 0.6 is 0 Å². The summed E-state index contributed by atoms with van der Waals surface area (Å²) in [5.74, 6) is 1.07. The zero-order valence-corrected chi connectivity index (χ0v) is 11.5. The summed E-state index contributed by atoms with van der Waals surface area (Å²) in [6, 6.07) is 6.00. The van der Waals surface area contributed by atoms with Crippen LogP contribution in [-0.4, -0.2) is 25.3 Å². The molecule has 1 saturated heterocycles. The first-order valence-corrected chi connectivity index (χ1v) is 6.64. The third-order valence-electron chi connectivity index (χ3n) is 4.03. The number of rotatable bonds is 3. The third-order valence-corrected chi connectivity index (χ3v) is 4.03. The van der Waals surface area contributed by atoms with E-state index in [0.29, 0.717) is 0 Å². The van der Waals surface area contributed by atoms with E-state index in [2.05, 4.69) is 5.32 Å². The van der Waals surface area contributed by atoms with Gasteiger partial charge in [-0.1, -0.05) is 11.6 Å². The van der Waals surface area contributed by atoms with Gasteiger partial charge in [0.1, 0.15) is 5.75 Å². The monoisotopic (exact) mass is 249 g/mol. The predicted octanol–water partition coefficient (Wildman–Crippen LogP) is 2.21. The largest absolute Gasteiger partial charge is 0.496 e. The highest BCUT2D eigenvalue weighted by Crippen LogP contribution is 2.39. The van der Waals surface area contributed by atoms with Gasteiger partial charge in [-0.15, -0.1) is 0 Å². The standard InChI is InChI=1S/C15H23NO2/c1-11-4-5-14(18-3)13(10-11)15(2,17)12-6-8-16-9-7-12/h4-5,10,12,16-17H,6-9H2,1-3H3. The van der Waals surface area contributed by atoms with Crippen molar-refractivity contribution in [2.45, 2.75) is 32.3 Å². The second kappa shape index (κ2) is 5.29. The molecule has 100 valence electrons. The lowest BCUT2D eigenvalue weighted by Gasteiger charge is -2.37. The van der Waals surface area contributed by atoms with E-state index in [1.807, 2.05) is 32.0 Å². The first-order valence-electron chi connectivity index (χ1n) is 6.64. The zero-order chi connectivity index (χ0) is 13.2. The van der Waals surface area contributed by atoms with Crippen LogP contribution in [0.2, 0.25) is 0 Å². The number of aryl methyl sites for hydroxylation is 1. The van der Waals surface area contributed by atoms with Crippen LogP contribution in [0.1, 0.15) is 30.9 Å². The van der Waals surface area contributed by atoms with E-state index in [4.69, 9.17) is 4.74 Å². The minimum absolute atomic E-state index is 0.287. The van der Waals surface area contributed by atoms with E-state index in [0.717, 1.165) is 42.8 Å². The quantitative estimate of drug-likeness (QED) is 0.863. The fraction of sp³-hybridized carbons (Fsp3) is 0.600. The number of benzene rings is 1. The molecule has 18 heavy (non-hydrogen) atoms. The molecule has 1 aromatic carbocycles. The number of ether oxygens (including phenoxy) is 1. The lowest BCUT2D eigenvalue weighted by atomic mass is 9.77. The van der Waals surface area contributed by atoms with Crippen molar-refractivity contribution in [2.24, 2.45) is 5.92 Å². The smallest absolute Gasteiger partial charge is 0.124 e. The van der Waals surface area contributed by atoms with Crippen LogP contribution in [-0.2, 0) is 5.60 Å². The van der Waals surface area contributed by atoms with Gasteiger partial charge in [-0.3, -0.25) is 0 Å². The molecule has 0 saturated carbocycles. The Morgan fingerprint density at radius 1 is 1.33 bits per heavy atom. The third kappa shape index (κ3) is 2.52. The van der Waals surface area contributed by atoms with Crippen molar-refractivity contribution < 1.29 is 9.84 Å². The van der Waals surface area contributed by atoms with Crippen LogP contribution < -0.4 is 10.1 Å². The minimum Gasteiger partial charge on any atom is -0.496 e. The van der Waals surface area contributed by atoms with Gasteiger partial charge in [-0.2, -0.15) is 0 Å². The van der Waals surface area contributed by atoms with Gasteiger partial charge < -0.3 is 15.2 Å². The average Bonchev–Trinajstić information content (AvgIpc) is 2.39. The summed E-state index contributed by atoms with van der Waals surface area (Å²) < 4.78 is 5.40. The van der Waals surface area contributed by atoms with Crippen LogP contribution in [0, 0.1) is 12.8 Å². The molecular weight excluding hydrogens is 226 g/mol. The van der Waals surface area contributed by atoms with Crippen LogP contribution in [0.15, 0.2) is 18.2 Å². The molecule has 1 fully saturated rings. The zero-order valence-electron chi connectivity index (χ0n) is 11.5. The van der Waals surface area contributed by atoms with Gasteiger partial charge in [0.2, 0.25) is 0 Å². The highest BCUT2D eigenvalue weighted by Gasteiger charge is 2.36. The molecule has 0 spiro atoms. The Morgan fingerprint density at radius 3 is 2.61 bits per heavy atom. The predicted molar refractivity (Wildman–Crippen MR) is 72.9 cm³/mol. The van der Waals surface area contributed by atoms with E-state index >= 15 is 0 Å². The molecule has 0 aliphatic carbocycles. The van der Waals surface area contributed by atoms with Gasteiger partial charge in [0.15, 0.2) is 0 Å². The fourth-order valence-electron chi connectivity index (χ4n) is 2.82. The highest BCUT2D eigenvalue weighted by molar-refractivity contribution is 5.41. The maximum absolute atomic E-state index is 10.9. The van der Waals surface area contributed by atoms with Gasteiger partial charge in [-0.05, 0) is 57.8 Å². The first-order chi connectivity index (χ1) is 8.55. The van der Waals surface area contributed by atoms with E-state index in [-0.39, 0.29) is 5.92 Å². The molecule has 1 aliphatic heterocycles. The maximum Gasteiger partial charge on any atom is 0.124 e. The van der Waals surface area contributed by atoms with Crippen molar-refractivity contribution in [3.05, 3.63) is 29.3 Å². The summed E-state index contributed by atoms with van der Waals surface area (Å²) >= 11 is 0. The Hall–Kier alpha value is -1.06. The number of hydrogen-bond acceptors (Lipinski definition) is 3. The van der Waals surface area contributed by atoms with Gasteiger partial charge >= 0.3 is 0 Å². The van der Waals surface area contributed by atoms with E-state index in [1.165, 1.54) is 0 Å². The van der Waals surface area contributed by atoms with Crippen LogP contribution in [0.3, 0.4) is 0 Å². The summed E-state index contributed by atoms with van der Waals surface area (Å²) in [6.45, 7) is 5.92. The Balaban J connectivity index is 2.35. The molecule has 0 radical (unpaired) electrons. The molecule has 1 aromatic rings. The molecule has 1 aliphatic rings. The van der Waals surface area contributed by atoms with E-state index in [9.17, 15) is 5.11 Å². The maximum atomic E-state index is 10.9. The van der Waals surface area contributed by atoms with Gasteiger partial charge in [0.05, 0.1) is 12.7 Å².